The van der Waals surface area contributed by atoms with Crippen molar-refractivity contribution in [3.05, 3.63) is 34.4 Å². The molecule has 0 aromatic carbocycles. The van der Waals surface area contributed by atoms with Crippen LogP contribution in [0.15, 0.2) is 6.07 Å². The Balaban J connectivity index is 0.000000970. The molecule has 0 aliphatic heterocycles. The molecule has 0 fully saturated rings. The summed E-state index contributed by atoms with van der Waals surface area (Å²) in [5.74, 6) is 0. The molecule has 0 aliphatic carbocycles. The summed E-state index contributed by atoms with van der Waals surface area (Å²) in [5.41, 5.74) is 5.71. The molecule has 8 heteroatoms. The molecule has 0 atom stereocenters. The van der Waals surface area contributed by atoms with Gasteiger partial charge in [-0.3, -0.25) is 14.2 Å². The molecule has 140 valence electrons. The lowest BCUT2D eigenvalue weighted by Crippen LogP contribution is -2.18. The lowest BCUT2D eigenvalue weighted by Gasteiger charge is -2.07. The Hall–Kier alpha value is -2.19. The van der Waals surface area contributed by atoms with E-state index < -0.39 is 0 Å². The molecule has 2 aromatic heterocycles. The van der Waals surface area contributed by atoms with Crippen molar-refractivity contribution in [2.45, 2.75) is 53.8 Å². The van der Waals surface area contributed by atoms with Crippen molar-refractivity contribution < 1.29 is 15.0 Å². The van der Waals surface area contributed by atoms with Crippen molar-refractivity contribution in [2.24, 2.45) is 0 Å². The minimum atomic E-state index is -0.250. The van der Waals surface area contributed by atoms with Crippen LogP contribution in [0.4, 0.5) is 0 Å². The normalized spacial score (nSPS) is 10.4. The Morgan fingerprint density at radius 3 is 2.40 bits per heavy atom. The Kier molecular flexibility index (Phi) is 8.87. The van der Waals surface area contributed by atoms with Crippen LogP contribution < -0.4 is 5.32 Å². The van der Waals surface area contributed by atoms with Crippen molar-refractivity contribution in [2.75, 3.05) is 13.2 Å². The van der Waals surface area contributed by atoms with E-state index in [1.807, 2.05) is 18.5 Å². The summed E-state index contributed by atoms with van der Waals surface area (Å²) >= 11 is 0. The molecule has 2 rings (SSSR count). The number of carboxylic acid groups (broad SMARTS) is 1. The Morgan fingerprint density at radius 2 is 1.84 bits per heavy atom. The van der Waals surface area contributed by atoms with Gasteiger partial charge in [-0.15, -0.1) is 0 Å². The fourth-order valence-corrected chi connectivity index (χ4v) is 2.77. The fourth-order valence-electron chi connectivity index (χ4n) is 2.77. The van der Waals surface area contributed by atoms with Crippen LogP contribution in [0.5, 0.6) is 0 Å². The second-order valence-corrected chi connectivity index (χ2v) is 5.88. The van der Waals surface area contributed by atoms with Crippen LogP contribution in [0.25, 0.3) is 0 Å². The first-order chi connectivity index (χ1) is 11.9. The lowest BCUT2D eigenvalue weighted by molar-refractivity contribution is -0.122. The first kappa shape index (κ1) is 20.9. The molecule has 0 spiro atoms. The highest BCUT2D eigenvalue weighted by atomic mass is 16.3. The number of nitrogens with one attached hydrogen (secondary N) is 1. The molecule has 0 radical (unpaired) electrons. The Morgan fingerprint density at radius 1 is 1.16 bits per heavy atom. The van der Waals surface area contributed by atoms with Crippen LogP contribution in [0.1, 0.15) is 34.8 Å². The van der Waals surface area contributed by atoms with Crippen LogP contribution >= 0.6 is 0 Å². The van der Waals surface area contributed by atoms with Gasteiger partial charge in [-0.05, 0) is 46.7 Å². The number of hydrogen-bond donors (Lipinski definition) is 3. The van der Waals surface area contributed by atoms with Gasteiger partial charge in [-0.2, -0.15) is 10.2 Å². The van der Waals surface area contributed by atoms with E-state index in [4.69, 9.17) is 15.0 Å². The van der Waals surface area contributed by atoms with Gasteiger partial charge in [0.05, 0.1) is 24.5 Å². The number of hydrogen-bond acceptors (Lipinski definition) is 5. The lowest BCUT2D eigenvalue weighted by atomic mass is 10.2. The minimum Gasteiger partial charge on any atom is -0.483 e. The molecule has 0 saturated carbocycles. The third-order valence-electron chi connectivity index (χ3n) is 3.97. The van der Waals surface area contributed by atoms with Crippen LogP contribution in [-0.2, 0) is 24.4 Å². The second kappa shape index (κ2) is 10.6. The molecule has 0 amide bonds. The van der Waals surface area contributed by atoms with Gasteiger partial charge in [0.25, 0.3) is 6.47 Å². The summed E-state index contributed by atoms with van der Waals surface area (Å²) < 4.78 is 3.94. The van der Waals surface area contributed by atoms with Gasteiger partial charge in [0, 0.05) is 30.0 Å². The highest BCUT2D eigenvalue weighted by molar-refractivity contribution is 5.32. The maximum absolute atomic E-state index is 9.04. The average Bonchev–Trinajstić information content (AvgIpc) is 3.00. The van der Waals surface area contributed by atoms with Crippen LogP contribution in [0.2, 0.25) is 0 Å². The molecule has 8 nitrogen and oxygen atoms in total. The Labute approximate surface area is 148 Å². The van der Waals surface area contributed by atoms with E-state index in [1.165, 1.54) is 11.3 Å². The number of aryl methyl sites for hydroxylation is 4. The van der Waals surface area contributed by atoms with E-state index in [2.05, 4.69) is 40.1 Å². The average molecular weight is 351 g/mol. The zero-order valence-electron chi connectivity index (χ0n) is 15.5. The zero-order valence-corrected chi connectivity index (χ0v) is 15.5. The molecule has 2 aromatic rings. The predicted octanol–water partition coefficient (Wildman–Crippen LogP) is 1.19. The molecular formula is C17H29N5O3. The van der Waals surface area contributed by atoms with Gasteiger partial charge in [-0.25, -0.2) is 0 Å². The SMILES string of the molecule is Cc1cc(C)n(CCCNCc2c(C)nn(CCO)c2C)n1.O=CO. The van der Waals surface area contributed by atoms with Gasteiger partial charge >= 0.3 is 0 Å². The molecule has 3 N–H and O–H groups in total. The minimum absolute atomic E-state index is 0.122. The number of aromatic nitrogens is 4. The monoisotopic (exact) mass is 351 g/mol. The van der Waals surface area contributed by atoms with Crippen molar-refractivity contribution in [1.29, 1.82) is 0 Å². The van der Waals surface area contributed by atoms with E-state index in [-0.39, 0.29) is 13.1 Å². The van der Waals surface area contributed by atoms with Crippen molar-refractivity contribution in [1.82, 2.24) is 24.9 Å². The summed E-state index contributed by atoms with van der Waals surface area (Å²) in [7, 11) is 0. The molecule has 25 heavy (non-hydrogen) atoms. The van der Waals surface area contributed by atoms with Crippen molar-refractivity contribution in [3.8, 4) is 0 Å². The largest absolute Gasteiger partial charge is 0.483 e. The predicted molar refractivity (Wildman–Crippen MR) is 95.5 cm³/mol. The fraction of sp³-hybridized carbons (Fsp3) is 0.588. The standard InChI is InChI=1S/C16H27N5O.CH2O2/c1-12-10-13(2)20(18-12)7-5-6-17-11-16-14(3)19-21(8-9-22)15(16)4;2-1-3/h10,17,22H,5-9,11H2,1-4H3;1H,(H,2,3). The Bertz CT molecular complexity index is 664. The van der Waals surface area contributed by atoms with Crippen molar-refractivity contribution in [3.63, 3.8) is 0 Å². The molecular weight excluding hydrogens is 322 g/mol. The summed E-state index contributed by atoms with van der Waals surface area (Å²) in [6.45, 7) is 11.3. The van der Waals surface area contributed by atoms with E-state index >= 15 is 0 Å². The smallest absolute Gasteiger partial charge is 0.290 e. The van der Waals surface area contributed by atoms with Crippen LogP contribution in [0.3, 0.4) is 0 Å². The summed E-state index contributed by atoms with van der Waals surface area (Å²) in [4.78, 5) is 8.36. The third kappa shape index (κ3) is 6.32. The number of aliphatic hydroxyl groups is 1. The highest BCUT2D eigenvalue weighted by Crippen LogP contribution is 2.12. The van der Waals surface area contributed by atoms with E-state index in [1.54, 1.807) is 0 Å². The summed E-state index contributed by atoms with van der Waals surface area (Å²) in [6.07, 6.45) is 1.05. The van der Waals surface area contributed by atoms with Gasteiger partial charge in [0.15, 0.2) is 0 Å². The van der Waals surface area contributed by atoms with E-state index in [0.717, 1.165) is 43.1 Å². The molecule has 0 bridgehead atoms. The number of aliphatic hydroxyl groups excluding tert-OH is 1. The second-order valence-electron chi connectivity index (χ2n) is 5.88. The highest BCUT2D eigenvalue weighted by Gasteiger charge is 2.10. The zero-order chi connectivity index (χ0) is 18.8. The quantitative estimate of drug-likeness (QED) is 0.487. The topological polar surface area (TPSA) is 105 Å². The van der Waals surface area contributed by atoms with Crippen molar-refractivity contribution >= 4 is 6.47 Å². The molecule has 2 heterocycles. The number of carbonyl (C=O) groups is 1. The molecule has 0 saturated heterocycles. The van der Waals surface area contributed by atoms with Gasteiger partial charge < -0.3 is 15.5 Å². The number of nitrogens with zero attached hydrogens (tertiary/aromatic N) is 4. The van der Waals surface area contributed by atoms with Crippen LogP contribution in [-0.4, -0.2) is 49.4 Å². The van der Waals surface area contributed by atoms with Crippen LogP contribution in [0, 0.1) is 27.7 Å². The van der Waals surface area contributed by atoms with E-state index in [0.29, 0.717) is 6.54 Å². The first-order valence-corrected chi connectivity index (χ1v) is 8.38. The van der Waals surface area contributed by atoms with E-state index in [9.17, 15) is 0 Å². The maximum atomic E-state index is 9.04. The van der Waals surface area contributed by atoms with Gasteiger partial charge in [-0.1, -0.05) is 0 Å². The summed E-state index contributed by atoms with van der Waals surface area (Å²) in [6, 6.07) is 2.11. The first-order valence-electron chi connectivity index (χ1n) is 8.38. The molecule has 0 unspecified atom stereocenters. The molecule has 0 aliphatic rings. The summed E-state index contributed by atoms with van der Waals surface area (Å²) in [5, 5.41) is 28.3. The van der Waals surface area contributed by atoms with Gasteiger partial charge in [0.1, 0.15) is 0 Å². The van der Waals surface area contributed by atoms with Gasteiger partial charge in [0.2, 0.25) is 0 Å². The third-order valence-corrected chi connectivity index (χ3v) is 3.97. The number of rotatable bonds is 8. The maximum Gasteiger partial charge on any atom is 0.290 e.